The van der Waals surface area contributed by atoms with E-state index in [9.17, 15) is 27.2 Å². The van der Waals surface area contributed by atoms with Gasteiger partial charge in [-0.15, -0.1) is 10.2 Å². The highest BCUT2D eigenvalue weighted by atomic mass is 32.2. The molecule has 2 N–H and O–H groups in total. The molecule has 0 aliphatic heterocycles. The van der Waals surface area contributed by atoms with E-state index in [4.69, 9.17) is 4.74 Å². The molecular weight excluding hydrogens is 464 g/mol. The lowest BCUT2D eigenvalue weighted by molar-refractivity contribution is -0.137. The number of anilines is 2. The zero-order valence-electron chi connectivity index (χ0n) is 16.9. The van der Waals surface area contributed by atoms with E-state index in [1.165, 1.54) is 37.4 Å². The fourth-order valence-corrected chi connectivity index (χ4v) is 3.20. The topological polar surface area (TPSA) is 93.2 Å². The molecule has 1 heterocycles. The molecule has 0 atom stereocenters. The van der Waals surface area contributed by atoms with Gasteiger partial charge >= 0.3 is 6.18 Å². The average molecular weight is 480 g/mol. The highest BCUT2D eigenvalue weighted by molar-refractivity contribution is 7.99. The fourth-order valence-electron chi connectivity index (χ4n) is 2.59. The second-order valence-corrected chi connectivity index (χ2v) is 7.47. The monoisotopic (exact) mass is 480 g/mol. The lowest BCUT2D eigenvalue weighted by Crippen LogP contribution is -2.16. The molecule has 0 bridgehead atoms. The number of rotatable bonds is 7. The smallest absolute Gasteiger partial charge is 0.416 e. The van der Waals surface area contributed by atoms with E-state index in [-0.39, 0.29) is 28.6 Å². The lowest BCUT2D eigenvalue weighted by atomic mass is 10.2. The molecule has 7 nitrogen and oxygen atoms in total. The van der Waals surface area contributed by atoms with Crippen molar-refractivity contribution in [2.75, 3.05) is 23.5 Å². The summed E-state index contributed by atoms with van der Waals surface area (Å²) in [6.07, 6.45) is -4.57. The predicted molar refractivity (Wildman–Crippen MR) is 114 cm³/mol. The molecule has 1 aromatic heterocycles. The Kier molecular flexibility index (Phi) is 7.48. The Hall–Kier alpha value is -3.67. The van der Waals surface area contributed by atoms with Crippen molar-refractivity contribution >= 4 is 35.1 Å². The Balaban J connectivity index is 1.57. The Morgan fingerprint density at radius 1 is 1.03 bits per heavy atom. The van der Waals surface area contributed by atoms with E-state index in [0.29, 0.717) is 5.03 Å². The third kappa shape index (κ3) is 6.65. The van der Waals surface area contributed by atoms with Crippen LogP contribution in [0.1, 0.15) is 15.9 Å². The molecule has 172 valence electrons. The normalized spacial score (nSPS) is 11.1. The minimum Gasteiger partial charge on any atom is -0.495 e. The first-order valence-corrected chi connectivity index (χ1v) is 10.2. The van der Waals surface area contributed by atoms with E-state index in [1.54, 1.807) is 0 Å². The standard InChI is InChI=1S/C21H16F4N4O3S/c1-32-16-6-5-13(21(23,24)25)10-15(16)26-18(30)11-33-19-8-7-17(28-29-19)27-20(31)12-3-2-4-14(22)9-12/h2-10H,11H2,1H3,(H,26,30)(H,27,28,31). The first-order chi connectivity index (χ1) is 15.7. The molecule has 12 heteroatoms. The van der Waals surface area contributed by atoms with Crippen LogP contribution < -0.4 is 15.4 Å². The van der Waals surface area contributed by atoms with Crippen LogP contribution >= 0.6 is 11.8 Å². The molecule has 2 aromatic carbocycles. The minimum absolute atomic E-state index is 0.0829. The van der Waals surface area contributed by atoms with Crippen LogP contribution in [0.15, 0.2) is 59.6 Å². The number of carbonyl (C=O) groups excluding carboxylic acids is 2. The number of halogens is 4. The van der Waals surface area contributed by atoms with Crippen LogP contribution in [-0.4, -0.2) is 34.9 Å². The first kappa shape index (κ1) is 24.0. The number of alkyl halides is 3. The van der Waals surface area contributed by atoms with Crippen LogP contribution in [0.3, 0.4) is 0 Å². The number of aromatic nitrogens is 2. The maximum Gasteiger partial charge on any atom is 0.416 e. The summed E-state index contributed by atoms with van der Waals surface area (Å²) in [7, 11) is 1.28. The summed E-state index contributed by atoms with van der Waals surface area (Å²) in [5, 5.41) is 12.9. The number of nitrogens with zero attached hydrogens (tertiary/aromatic N) is 2. The van der Waals surface area contributed by atoms with Gasteiger partial charge in [-0.1, -0.05) is 17.8 Å². The van der Waals surface area contributed by atoms with Gasteiger partial charge in [-0.3, -0.25) is 9.59 Å². The maximum absolute atomic E-state index is 13.2. The number of nitrogens with one attached hydrogen (secondary N) is 2. The molecule has 0 saturated heterocycles. The number of amides is 2. The van der Waals surface area contributed by atoms with Crippen LogP contribution in [0.5, 0.6) is 5.75 Å². The molecule has 0 spiro atoms. The molecule has 2 amide bonds. The van der Waals surface area contributed by atoms with Gasteiger partial charge in [0.25, 0.3) is 5.91 Å². The number of hydrogen-bond donors (Lipinski definition) is 2. The van der Waals surface area contributed by atoms with Crippen LogP contribution in [0.25, 0.3) is 0 Å². The summed E-state index contributed by atoms with van der Waals surface area (Å²) in [6.45, 7) is 0. The van der Waals surface area contributed by atoms with Crippen molar-refractivity contribution in [3.05, 3.63) is 71.5 Å². The molecule has 0 saturated carbocycles. The van der Waals surface area contributed by atoms with Crippen molar-refractivity contribution in [2.45, 2.75) is 11.2 Å². The molecular formula is C21H16F4N4O3S. The number of hydrogen-bond acceptors (Lipinski definition) is 6. The van der Waals surface area contributed by atoms with Crippen LogP contribution in [0.4, 0.5) is 29.1 Å². The van der Waals surface area contributed by atoms with Crippen LogP contribution in [0.2, 0.25) is 0 Å². The van der Waals surface area contributed by atoms with Crippen molar-refractivity contribution < 1.29 is 31.9 Å². The van der Waals surface area contributed by atoms with Crippen LogP contribution in [0, 0.1) is 5.82 Å². The molecule has 0 aliphatic rings. The summed E-state index contributed by atoms with van der Waals surface area (Å²) >= 11 is 0.986. The molecule has 0 aliphatic carbocycles. The van der Waals surface area contributed by atoms with Crippen molar-refractivity contribution in [3.8, 4) is 5.75 Å². The Morgan fingerprint density at radius 3 is 2.45 bits per heavy atom. The van der Waals surface area contributed by atoms with Crippen molar-refractivity contribution in [1.82, 2.24) is 10.2 Å². The van der Waals surface area contributed by atoms with Crippen LogP contribution in [-0.2, 0) is 11.0 Å². The van der Waals surface area contributed by atoms with Gasteiger partial charge in [0.15, 0.2) is 5.82 Å². The number of carbonyl (C=O) groups is 2. The molecule has 3 aromatic rings. The lowest BCUT2D eigenvalue weighted by Gasteiger charge is -2.13. The molecule has 0 fully saturated rings. The van der Waals surface area contributed by atoms with E-state index >= 15 is 0 Å². The number of methoxy groups -OCH3 is 1. The summed E-state index contributed by atoms with van der Waals surface area (Å²) in [5.74, 6) is -1.67. The number of thioether (sulfide) groups is 1. The van der Waals surface area contributed by atoms with Crippen molar-refractivity contribution in [3.63, 3.8) is 0 Å². The zero-order valence-corrected chi connectivity index (χ0v) is 17.8. The minimum atomic E-state index is -4.57. The highest BCUT2D eigenvalue weighted by Crippen LogP contribution is 2.35. The van der Waals surface area contributed by atoms with E-state index in [1.807, 2.05) is 0 Å². The quantitative estimate of drug-likeness (QED) is 0.379. The number of benzene rings is 2. The maximum atomic E-state index is 13.2. The van der Waals surface area contributed by atoms with E-state index in [0.717, 1.165) is 36.0 Å². The van der Waals surface area contributed by atoms with Gasteiger partial charge in [0.2, 0.25) is 5.91 Å². The second-order valence-electron chi connectivity index (χ2n) is 6.47. The SMILES string of the molecule is COc1ccc(C(F)(F)F)cc1NC(=O)CSc1ccc(NC(=O)c2cccc(F)c2)nn1. The van der Waals surface area contributed by atoms with Gasteiger partial charge in [0, 0.05) is 5.56 Å². The van der Waals surface area contributed by atoms with Gasteiger partial charge in [-0.2, -0.15) is 13.2 Å². The third-order valence-corrected chi connectivity index (χ3v) is 5.04. The second kappa shape index (κ2) is 10.3. The van der Waals surface area contributed by atoms with Gasteiger partial charge in [-0.25, -0.2) is 4.39 Å². The van der Waals surface area contributed by atoms with Gasteiger partial charge in [0.1, 0.15) is 16.6 Å². The van der Waals surface area contributed by atoms with Gasteiger partial charge in [0.05, 0.1) is 24.1 Å². The summed E-state index contributed by atoms with van der Waals surface area (Å²) in [4.78, 5) is 24.3. The highest BCUT2D eigenvalue weighted by Gasteiger charge is 2.31. The third-order valence-electron chi connectivity index (χ3n) is 4.12. The predicted octanol–water partition coefficient (Wildman–Crippen LogP) is 4.63. The molecule has 0 radical (unpaired) electrons. The molecule has 3 rings (SSSR count). The Bertz CT molecular complexity index is 1160. The largest absolute Gasteiger partial charge is 0.495 e. The molecule has 0 unspecified atom stereocenters. The number of ether oxygens (including phenoxy) is 1. The Morgan fingerprint density at radius 2 is 1.82 bits per heavy atom. The molecule has 33 heavy (non-hydrogen) atoms. The van der Waals surface area contributed by atoms with Gasteiger partial charge in [-0.05, 0) is 48.5 Å². The zero-order chi connectivity index (χ0) is 24.0. The summed E-state index contributed by atoms with van der Waals surface area (Å²) < 4.78 is 57.0. The van der Waals surface area contributed by atoms with Crippen molar-refractivity contribution in [2.24, 2.45) is 0 Å². The van der Waals surface area contributed by atoms with Gasteiger partial charge < -0.3 is 15.4 Å². The average Bonchev–Trinajstić information content (AvgIpc) is 2.78. The van der Waals surface area contributed by atoms with E-state index < -0.39 is 29.4 Å². The van der Waals surface area contributed by atoms with E-state index in [2.05, 4.69) is 20.8 Å². The Labute approximate surface area is 189 Å². The summed E-state index contributed by atoms with van der Waals surface area (Å²) in [6, 6.07) is 10.8. The fraction of sp³-hybridized carbons (Fsp3) is 0.143. The first-order valence-electron chi connectivity index (χ1n) is 9.24. The summed E-state index contributed by atoms with van der Waals surface area (Å²) in [5.41, 5.74) is -0.927. The van der Waals surface area contributed by atoms with Crippen molar-refractivity contribution in [1.29, 1.82) is 0 Å².